The number of benzene rings is 2. The predicted octanol–water partition coefficient (Wildman–Crippen LogP) is 7.00. The van der Waals surface area contributed by atoms with Crippen LogP contribution in [0.5, 0.6) is 0 Å². The van der Waals surface area contributed by atoms with Crippen LogP contribution in [-0.2, 0) is 9.31 Å². The monoisotopic (exact) mass is 630 g/mol. The van der Waals surface area contributed by atoms with Crippen molar-refractivity contribution in [2.24, 2.45) is 0 Å². The van der Waals surface area contributed by atoms with Crippen LogP contribution in [0.15, 0.2) is 48.2 Å². The minimum atomic E-state index is -0.483. The first-order chi connectivity index (χ1) is 12.4. The maximum Gasteiger partial charge on any atom is 0.494 e. The second-order valence-electron chi connectivity index (χ2n) is 6.92. The van der Waals surface area contributed by atoms with Gasteiger partial charge in [0.05, 0.1) is 29.1 Å². The minimum Gasteiger partial charge on any atom is -0.399 e. The Morgan fingerprint density at radius 2 is 1.11 bits per heavy atom. The first kappa shape index (κ1) is 23.5. The molecule has 1 saturated heterocycles. The Bertz CT molecular complexity index is 787. The second kappa shape index (κ2) is 8.92. The largest absolute Gasteiger partial charge is 0.494 e. The fourth-order valence-electron chi connectivity index (χ4n) is 2.17. The Kier molecular flexibility index (Phi) is 7.76. The Hall–Kier alpha value is 0.205. The molecule has 0 spiro atoms. The van der Waals surface area contributed by atoms with E-state index in [0.717, 1.165) is 5.46 Å². The van der Waals surface area contributed by atoms with Gasteiger partial charge in [-0.1, -0.05) is 6.07 Å². The molecular weight excluding hydrogens is 617 g/mol. The first-order valence-corrected chi connectivity index (χ1v) is 11.1. The molecule has 0 bridgehead atoms. The van der Waals surface area contributed by atoms with Crippen LogP contribution in [-0.4, -0.2) is 18.3 Å². The maximum absolute atomic E-state index is 13.5. The molecule has 0 atom stereocenters. The second-order valence-corrected chi connectivity index (χ2v) is 10.3. The SMILES string of the molecule is CC1(C)OB(c2cc(Br)c(F)c(Br)c2)OC1(C)C.Fc1c(Br)cccc1Br. The van der Waals surface area contributed by atoms with Gasteiger partial charge in [0.25, 0.3) is 0 Å². The lowest BCUT2D eigenvalue weighted by Gasteiger charge is -2.32. The molecule has 0 aromatic heterocycles. The molecule has 3 rings (SSSR count). The molecule has 0 amide bonds. The molecule has 27 heavy (non-hydrogen) atoms. The molecule has 1 fully saturated rings. The van der Waals surface area contributed by atoms with E-state index in [1.807, 2.05) is 27.7 Å². The number of rotatable bonds is 1. The van der Waals surface area contributed by atoms with E-state index >= 15 is 0 Å². The van der Waals surface area contributed by atoms with Gasteiger partial charge in [-0.15, -0.1) is 0 Å². The van der Waals surface area contributed by atoms with Crippen LogP contribution in [0.1, 0.15) is 27.7 Å². The summed E-state index contributed by atoms with van der Waals surface area (Å²) < 4.78 is 39.7. The highest BCUT2D eigenvalue weighted by Crippen LogP contribution is 2.37. The van der Waals surface area contributed by atoms with E-state index in [1.165, 1.54) is 0 Å². The summed E-state index contributed by atoms with van der Waals surface area (Å²) in [5, 5.41) is 0. The molecule has 2 aromatic carbocycles. The van der Waals surface area contributed by atoms with E-state index in [4.69, 9.17) is 9.31 Å². The van der Waals surface area contributed by atoms with Crippen molar-refractivity contribution in [2.45, 2.75) is 38.9 Å². The molecule has 0 saturated carbocycles. The first-order valence-electron chi connectivity index (χ1n) is 7.95. The summed E-state index contributed by atoms with van der Waals surface area (Å²) in [5.41, 5.74) is -0.00970. The van der Waals surface area contributed by atoms with E-state index < -0.39 is 18.3 Å². The summed E-state index contributed by atoms with van der Waals surface area (Å²) in [5.74, 6) is -0.576. The summed E-state index contributed by atoms with van der Waals surface area (Å²) in [6.07, 6.45) is 0. The Balaban J connectivity index is 0.000000244. The molecular formula is C18H17BBr4F2O2. The van der Waals surface area contributed by atoms with Gasteiger partial charge in [0.15, 0.2) is 11.6 Å². The van der Waals surface area contributed by atoms with Gasteiger partial charge in [-0.25, -0.2) is 8.78 Å². The van der Waals surface area contributed by atoms with Crippen molar-refractivity contribution >= 4 is 76.3 Å². The predicted molar refractivity (Wildman–Crippen MR) is 119 cm³/mol. The van der Waals surface area contributed by atoms with Crippen LogP contribution >= 0.6 is 63.7 Å². The lowest BCUT2D eigenvalue weighted by atomic mass is 9.79. The summed E-state index contributed by atoms with van der Waals surface area (Å²) in [6.45, 7) is 7.95. The highest BCUT2D eigenvalue weighted by molar-refractivity contribution is 9.11. The van der Waals surface area contributed by atoms with Crippen LogP contribution in [0.4, 0.5) is 8.78 Å². The van der Waals surface area contributed by atoms with Crippen molar-refractivity contribution in [2.75, 3.05) is 0 Å². The zero-order chi connectivity index (χ0) is 20.6. The molecule has 1 heterocycles. The van der Waals surface area contributed by atoms with Gasteiger partial charge in [-0.3, -0.25) is 0 Å². The van der Waals surface area contributed by atoms with E-state index in [0.29, 0.717) is 17.9 Å². The van der Waals surface area contributed by atoms with E-state index in [9.17, 15) is 8.78 Å². The van der Waals surface area contributed by atoms with E-state index in [-0.39, 0.29) is 11.6 Å². The molecule has 1 aliphatic rings. The summed E-state index contributed by atoms with van der Waals surface area (Å²) in [6, 6.07) is 8.43. The Labute approximate surface area is 192 Å². The Morgan fingerprint density at radius 1 is 0.741 bits per heavy atom. The van der Waals surface area contributed by atoms with Crippen molar-refractivity contribution in [3.8, 4) is 0 Å². The fraction of sp³-hybridized carbons (Fsp3) is 0.333. The topological polar surface area (TPSA) is 18.5 Å². The third kappa shape index (κ3) is 5.42. The van der Waals surface area contributed by atoms with Gasteiger partial charge in [0, 0.05) is 0 Å². The third-order valence-electron chi connectivity index (χ3n) is 4.44. The molecule has 0 radical (unpaired) electrons. The minimum absolute atomic E-state index is 0.252. The molecule has 1 aliphatic heterocycles. The quantitative estimate of drug-likeness (QED) is 0.249. The smallest absolute Gasteiger partial charge is 0.399 e. The van der Waals surface area contributed by atoms with Crippen LogP contribution in [0.25, 0.3) is 0 Å². The molecule has 146 valence electrons. The number of hydrogen-bond donors (Lipinski definition) is 0. The zero-order valence-corrected chi connectivity index (χ0v) is 21.4. The average molecular weight is 634 g/mol. The molecule has 0 unspecified atom stereocenters. The van der Waals surface area contributed by atoms with Crippen LogP contribution < -0.4 is 5.46 Å². The highest BCUT2D eigenvalue weighted by Gasteiger charge is 2.51. The highest BCUT2D eigenvalue weighted by atomic mass is 79.9. The normalized spacial score (nSPS) is 17.5. The molecule has 9 heteroatoms. The maximum atomic E-state index is 13.5. The van der Waals surface area contributed by atoms with Crippen molar-refractivity contribution in [3.05, 3.63) is 59.9 Å². The van der Waals surface area contributed by atoms with Gasteiger partial charge < -0.3 is 9.31 Å². The van der Waals surface area contributed by atoms with Crippen LogP contribution in [0, 0.1) is 11.6 Å². The van der Waals surface area contributed by atoms with Crippen LogP contribution in [0.2, 0.25) is 0 Å². The summed E-state index contributed by atoms with van der Waals surface area (Å²) in [4.78, 5) is 0. The van der Waals surface area contributed by atoms with Gasteiger partial charge in [-0.2, -0.15) is 0 Å². The van der Waals surface area contributed by atoms with Gasteiger partial charge in [-0.05, 0) is 121 Å². The Morgan fingerprint density at radius 3 is 1.48 bits per heavy atom. The summed E-state index contributed by atoms with van der Waals surface area (Å²) >= 11 is 12.5. The van der Waals surface area contributed by atoms with E-state index in [2.05, 4.69) is 63.7 Å². The van der Waals surface area contributed by atoms with Gasteiger partial charge in [0.2, 0.25) is 0 Å². The summed E-state index contributed by atoms with van der Waals surface area (Å²) in [7, 11) is -0.483. The number of hydrogen-bond acceptors (Lipinski definition) is 2. The molecule has 0 N–H and O–H groups in total. The van der Waals surface area contributed by atoms with Gasteiger partial charge in [0.1, 0.15) is 0 Å². The van der Waals surface area contributed by atoms with Gasteiger partial charge >= 0.3 is 7.12 Å². The third-order valence-corrected chi connectivity index (χ3v) is 6.81. The lowest BCUT2D eigenvalue weighted by molar-refractivity contribution is 0.00578. The molecule has 2 aromatic rings. The zero-order valence-electron chi connectivity index (χ0n) is 15.0. The van der Waals surface area contributed by atoms with Crippen molar-refractivity contribution in [1.82, 2.24) is 0 Å². The fourth-order valence-corrected chi connectivity index (χ4v) is 4.39. The average Bonchev–Trinajstić information content (AvgIpc) is 2.78. The van der Waals surface area contributed by atoms with Crippen molar-refractivity contribution in [3.63, 3.8) is 0 Å². The van der Waals surface area contributed by atoms with Crippen LogP contribution in [0.3, 0.4) is 0 Å². The molecule has 2 nitrogen and oxygen atoms in total. The standard InChI is InChI=1S/C12H14BBr2FO2.C6H3Br2F/c1-11(2)12(3,4)18-13(17-11)7-5-8(14)10(16)9(15)6-7;7-4-2-1-3-5(8)6(4)9/h5-6H,1-4H3;1-3H. The lowest BCUT2D eigenvalue weighted by Crippen LogP contribution is -2.41. The number of halogens is 6. The molecule has 0 aliphatic carbocycles. The van der Waals surface area contributed by atoms with Crippen molar-refractivity contribution in [1.29, 1.82) is 0 Å². The van der Waals surface area contributed by atoms with Crippen molar-refractivity contribution < 1.29 is 18.1 Å². The van der Waals surface area contributed by atoms with E-state index in [1.54, 1.807) is 30.3 Å².